The molecule has 230 valence electrons. The summed E-state index contributed by atoms with van der Waals surface area (Å²) in [5.41, 5.74) is 8.30. The fourth-order valence-corrected chi connectivity index (χ4v) is 6.21. The van der Waals surface area contributed by atoms with Crippen molar-refractivity contribution in [2.75, 3.05) is 0 Å². The van der Waals surface area contributed by atoms with Gasteiger partial charge in [0.25, 0.3) is 0 Å². The first kappa shape index (κ1) is 30.2. The Morgan fingerprint density at radius 1 is 0.702 bits per heavy atom. The van der Waals surface area contributed by atoms with Gasteiger partial charge in [-0.3, -0.25) is 4.79 Å². The minimum absolute atomic E-state index is 0. The highest BCUT2D eigenvalue weighted by Gasteiger charge is 2.18. The molecule has 0 bridgehead atoms. The summed E-state index contributed by atoms with van der Waals surface area (Å²) in [7, 11) is 0. The summed E-state index contributed by atoms with van der Waals surface area (Å²) in [6, 6.07) is 44.3. The molecule has 0 saturated carbocycles. The van der Waals surface area contributed by atoms with Gasteiger partial charge in [0.1, 0.15) is 28.5 Å². The molecule has 0 radical (unpaired) electrons. The van der Waals surface area contributed by atoms with Gasteiger partial charge in [-0.25, -0.2) is 4.98 Å². The van der Waals surface area contributed by atoms with E-state index in [1.807, 2.05) is 115 Å². The predicted molar refractivity (Wildman–Crippen MR) is 194 cm³/mol. The Kier molecular flexibility index (Phi) is 8.19. The second-order valence-electron chi connectivity index (χ2n) is 11.5. The van der Waals surface area contributed by atoms with Crippen molar-refractivity contribution in [3.05, 3.63) is 168 Å². The van der Waals surface area contributed by atoms with Crippen LogP contribution in [0.25, 0.3) is 49.7 Å². The van der Waals surface area contributed by atoms with Gasteiger partial charge in [0.2, 0.25) is 0 Å². The third kappa shape index (κ3) is 5.84. The Morgan fingerprint density at radius 2 is 1.30 bits per heavy atom. The first-order chi connectivity index (χ1) is 22.6. The van der Waals surface area contributed by atoms with Crippen LogP contribution in [-0.4, -0.2) is 15.3 Å². The van der Waals surface area contributed by atoms with Crippen molar-refractivity contribution in [1.29, 1.82) is 0 Å². The van der Waals surface area contributed by atoms with E-state index in [-0.39, 0.29) is 29.3 Å². The first-order valence-electron chi connectivity index (χ1n) is 15.4. The van der Waals surface area contributed by atoms with Crippen molar-refractivity contribution in [3.8, 4) is 11.1 Å². The summed E-state index contributed by atoms with van der Waals surface area (Å²) < 4.78 is 14.7. The van der Waals surface area contributed by atoms with Gasteiger partial charge in [0, 0.05) is 16.3 Å². The molecule has 5 aromatic carbocycles. The molecule has 8 rings (SSSR count). The van der Waals surface area contributed by atoms with Crippen molar-refractivity contribution in [2.24, 2.45) is 0 Å². The van der Waals surface area contributed by atoms with E-state index in [2.05, 4.69) is 36.4 Å². The molecule has 0 unspecified atom stereocenters. The van der Waals surface area contributed by atoms with Crippen LogP contribution in [0.4, 0.5) is 0 Å². The van der Waals surface area contributed by atoms with E-state index >= 15 is 0 Å². The van der Waals surface area contributed by atoms with E-state index in [1.165, 1.54) is 0 Å². The zero-order chi connectivity index (χ0) is 31.0. The molecule has 0 N–H and O–H groups in total. The van der Waals surface area contributed by atoms with Crippen LogP contribution < -0.4 is 0 Å². The molecule has 0 saturated heterocycles. The van der Waals surface area contributed by atoms with Gasteiger partial charge in [0.05, 0.1) is 23.2 Å². The highest BCUT2D eigenvalue weighted by atomic mass is 79.9. The van der Waals surface area contributed by atoms with Crippen LogP contribution in [0.3, 0.4) is 0 Å². The lowest BCUT2D eigenvalue weighted by Gasteiger charge is -2.10. The maximum atomic E-state index is 13.6. The van der Waals surface area contributed by atoms with Gasteiger partial charge in [-0.05, 0) is 60.4 Å². The van der Waals surface area contributed by atoms with E-state index in [0.717, 1.165) is 72.6 Å². The number of para-hydroxylation sites is 3. The number of aromatic nitrogens is 2. The Balaban J connectivity index is 0.00000351. The molecule has 5 nitrogen and oxygen atoms in total. The number of aryl methyl sites for hydroxylation is 1. The summed E-state index contributed by atoms with van der Waals surface area (Å²) in [6.45, 7) is 2.16. The quantitative estimate of drug-likeness (QED) is 0.150. The molecular weight excluding hydrogens is 648 g/mol. The summed E-state index contributed by atoms with van der Waals surface area (Å²) in [5, 5.41) is 2.07. The van der Waals surface area contributed by atoms with E-state index in [1.54, 1.807) is 0 Å². The number of carbonyl (C=O) groups excluding carboxylic acids is 1. The number of hydrogen-bond donors (Lipinski definition) is 0. The Morgan fingerprint density at radius 3 is 1.94 bits per heavy atom. The summed E-state index contributed by atoms with van der Waals surface area (Å²) >= 11 is 0. The van der Waals surface area contributed by atoms with Crippen LogP contribution in [0, 0.1) is 6.92 Å². The maximum absolute atomic E-state index is 13.6. The second-order valence-corrected chi connectivity index (χ2v) is 11.5. The highest BCUT2D eigenvalue weighted by molar-refractivity contribution is 8.93. The average molecular weight is 680 g/mol. The molecule has 0 spiro atoms. The topological polar surface area (TPSA) is 61.2 Å². The molecule has 47 heavy (non-hydrogen) atoms. The van der Waals surface area contributed by atoms with Crippen molar-refractivity contribution >= 4 is 61.3 Å². The number of fused-ring (bicyclic) bond motifs is 3. The number of rotatable bonds is 8. The van der Waals surface area contributed by atoms with E-state index in [9.17, 15) is 4.79 Å². The number of ketones is 1. The summed E-state index contributed by atoms with van der Waals surface area (Å²) in [4.78, 5) is 18.4. The minimum Gasteiger partial charge on any atom is -0.456 e. The standard InChI is InChI=1S/C41H30N2O3.BrH/c1-27-42-35-15-9-14-31(41(35)43(27)26-36(44)30-20-18-29(19-21-30)28-10-3-2-4-11-28)22-23-34(39-24-32-12-5-7-16-37(32)45-39)40-25-33-13-6-8-17-38(33)46-40;/h2-21,23-25H,22,26H2,1H3;1H. The van der Waals surface area contributed by atoms with Gasteiger partial charge < -0.3 is 13.4 Å². The molecule has 0 aliphatic heterocycles. The third-order valence-corrected chi connectivity index (χ3v) is 8.56. The van der Waals surface area contributed by atoms with Gasteiger partial charge in [-0.15, -0.1) is 17.0 Å². The van der Waals surface area contributed by atoms with Crippen molar-refractivity contribution in [3.63, 3.8) is 0 Å². The fraction of sp³-hybridized carbons (Fsp3) is 0.0732. The minimum atomic E-state index is 0. The molecule has 6 heteroatoms. The molecule has 3 aromatic heterocycles. The number of carbonyl (C=O) groups is 1. The average Bonchev–Trinajstić information content (AvgIpc) is 3.80. The lowest BCUT2D eigenvalue weighted by molar-refractivity contribution is 0.0972. The van der Waals surface area contributed by atoms with Crippen LogP contribution in [0.2, 0.25) is 0 Å². The molecule has 0 aliphatic carbocycles. The highest BCUT2D eigenvalue weighted by Crippen LogP contribution is 2.34. The summed E-state index contributed by atoms with van der Waals surface area (Å²) in [5.74, 6) is 2.32. The zero-order valence-electron chi connectivity index (χ0n) is 25.7. The number of nitrogens with zero attached hydrogens (tertiary/aromatic N) is 2. The van der Waals surface area contributed by atoms with Gasteiger partial charge in [-0.2, -0.15) is 0 Å². The third-order valence-electron chi connectivity index (χ3n) is 8.56. The van der Waals surface area contributed by atoms with E-state index in [4.69, 9.17) is 13.8 Å². The van der Waals surface area contributed by atoms with E-state index < -0.39 is 0 Å². The largest absolute Gasteiger partial charge is 0.456 e. The predicted octanol–water partition coefficient (Wildman–Crippen LogP) is 10.6. The number of allylic oxidation sites excluding steroid dienone is 1. The molecule has 8 aromatic rings. The molecular formula is C41H31BrN2O3. The Hall–Kier alpha value is -5.46. The van der Waals surface area contributed by atoms with Crippen LogP contribution >= 0.6 is 17.0 Å². The molecule has 0 amide bonds. The lowest BCUT2D eigenvalue weighted by atomic mass is 10.0. The SMILES string of the molecule is Br.Cc1nc2cccc(CC=C(c3cc4ccccc4o3)c3cc4ccccc4o3)c2n1CC(=O)c1ccc(-c2ccccc2)cc1. The number of imidazole rings is 1. The number of hydrogen-bond acceptors (Lipinski definition) is 4. The Bertz CT molecular complexity index is 2250. The normalized spacial score (nSPS) is 11.2. The Labute approximate surface area is 282 Å². The number of benzene rings is 5. The van der Waals surface area contributed by atoms with Crippen molar-refractivity contribution < 1.29 is 13.6 Å². The van der Waals surface area contributed by atoms with Crippen molar-refractivity contribution in [2.45, 2.75) is 19.9 Å². The second kappa shape index (κ2) is 12.7. The lowest BCUT2D eigenvalue weighted by Crippen LogP contribution is -2.12. The van der Waals surface area contributed by atoms with Gasteiger partial charge in [-0.1, -0.05) is 109 Å². The molecule has 0 aliphatic rings. The monoisotopic (exact) mass is 678 g/mol. The zero-order valence-corrected chi connectivity index (χ0v) is 27.4. The molecule has 3 heterocycles. The number of halogens is 1. The fourth-order valence-electron chi connectivity index (χ4n) is 6.21. The molecule has 0 atom stereocenters. The maximum Gasteiger partial charge on any atom is 0.182 e. The summed E-state index contributed by atoms with van der Waals surface area (Å²) in [6.07, 6.45) is 2.74. The van der Waals surface area contributed by atoms with Crippen LogP contribution in [0.5, 0.6) is 0 Å². The molecule has 0 fully saturated rings. The number of furan rings is 2. The van der Waals surface area contributed by atoms with Gasteiger partial charge in [0.15, 0.2) is 5.78 Å². The van der Waals surface area contributed by atoms with Crippen LogP contribution in [0.15, 0.2) is 148 Å². The van der Waals surface area contributed by atoms with Gasteiger partial charge >= 0.3 is 0 Å². The van der Waals surface area contributed by atoms with Crippen LogP contribution in [-0.2, 0) is 13.0 Å². The van der Waals surface area contributed by atoms with E-state index in [0.29, 0.717) is 12.0 Å². The van der Waals surface area contributed by atoms with Crippen LogP contribution in [0.1, 0.15) is 33.3 Å². The number of Topliss-reactive ketones (excluding diaryl/α,β-unsaturated/α-hetero) is 1. The first-order valence-corrected chi connectivity index (χ1v) is 15.4. The smallest absolute Gasteiger partial charge is 0.182 e. The van der Waals surface area contributed by atoms with Crippen molar-refractivity contribution in [1.82, 2.24) is 9.55 Å².